The first-order valence-corrected chi connectivity index (χ1v) is 5.94. The summed E-state index contributed by atoms with van der Waals surface area (Å²) < 4.78 is 6.81. The molecule has 0 aliphatic carbocycles. The summed E-state index contributed by atoms with van der Waals surface area (Å²) in [6.07, 6.45) is 0. The normalized spacial score (nSPS) is 10.2. The Kier molecular flexibility index (Phi) is 3.30. The van der Waals surface area contributed by atoms with E-state index < -0.39 is 0 Å². The second-order valence-electron chi connectivity index (χ2n) is 3.88. The maximum absolute atomic E-state index is 5.79. The molecule has 2 rings (SSSR count). The lowest BCUT2D eigenvalue weighted by molar-refractivity contribution is 0.481. The minimum absolute atomic E-state index is 0.847. The van der Waals surface area contributed by atoms with E-state index in [4.69, 9.17) is 4.74 Å². The number of ether oxygens (including phenoxy) is 1. The summed E-state index contributed by atoms with van der Waals surface area (Å²) in [7, 11) is 0. The molecule has 0 unspecified atom stereocenters. The van der Waals surface area contributed by atoms with E-state index >= 15 is 0 Å². The molecule has 2 heteroatoms. The fraction of sp³-hybridized carbons (Fsp3) is 0.143. The van der Waals surface area contributed by atoms with Gasteiger partial charge in [0.1, 0.15) is 11.5 Å². The van der Waals surface area contributed by atoms with Gasteiger partial charge in [-0.15, -0.1) is 0 Å². The van der Waals surface area contributed by atoms with Crippen LogP contribution in [0.4, 0.5) is 0 Å². The van der Waals surface area contributed by atoms with Gasteiger partial charge in [0.2, 0.25) is 0 Å². The summed E-state index contributed by atoms with van der Waals surface area (Å²) >= 11 is 3.42. The summed E-state index contributed by atoms with van der Waals surface area (Å²) in [5, 5.41) is 0. The minimum Gasteiger partial charge on any atom is -0.457 e. The maximum atomic E-state index is 5.79. The van der Waals surface area contributed by atoms with Gasteiger partial charge in [0.25, 0.3) is 0 Å². The van der Waals surface area contributed by atoms with Gasteiger partial charge in [-0.3, -0.25) is 0 Å². The second-order valence-corrected chi connectivity index (χ2v) is 4.80. The molecule has 2 aromatic carbocycles. The van der Waals surface area contributed by atoms with E-state index in [2.05, 4.69) is 35.8 Å². The van der Waals surface area contributed by atoms with Gasteiger partial charge in [0.05, 0.1) is 0 Å². The van der Waals surface area contributed by atoms with Crippen molar-refractivity contribution in [2.24, 2.45) is 0 Å². The predicted molar refractivity (Wildman–Crippen MR) is 70.1 cm³/mol. The fourth-order valence-corrected chi connectivity index (χ4v) is 2.04. The third kappa shape index (κ3) is 2.86. The van der Waals surface area contributed by atoms with Crippen LogP contribution < -0.4 is 4.74 Å². The van der Waals surface area contributed by atoms with Gasteiger partial charge in [-0.05, 0) is 55.3 Å². The molecule has 82 valence electrons. The van der Waals surface area contributed by atoms with Gasteiger partial charge < -0.3 is 4.74 Å². The highest BCUT2D eigenvalue weighted by Gasteiger charge is 1.99. The van der Waals surface area contributed by atoms with Crippen molar-refractivity contribution >= 4 is 15.9 Å². The van der Waals surface area contributed by atoms with Crippen molar-refractivity contribution in [3.05, 3.63) is 58.1 Å². The standard InChI is InChI=1S/C14H13BrO/c1-10-6-11(2)8-14(7-10)16-13-5-3-4-12(15)9-13/h3-9H,1-2H3. The van der Waals surface area contributed by atoms with Gasteiger partial charge in [0, 0.05) is 4.47 Å². The first-order valence-electron chi connectivity index (χ1n) is 5.15. The number of benzene rings is 2. The highest BCUT2D eigenvalue weighted by Crippen LogP contribution is 2.25. The number of hydrogen-bond donors (Lipinski definition) is 0. The molecule has 0 fully saturated rings. The SMILES string of the molecule is Cc1cc(C)cc(Oc2cccc(Br)c2)c1. The van der Waals surface area contributed by atoms with E-state index in [1.54, 1.807) is 0 Å². The van der Waals surface area contributed by atoms with Crippen LogP contribution >= 0.6 is 15.9 Å². The van der Waals surface area contributed by atoms with Crippen LogP contribution in [0.25, 0.3) is 0 Å². The molecule has 0 aromatic heterocycles. The van der Waals surface area contributed by atoms with E-state index in [-0.39, 0.29) is 0 Å². The molecule has 0 amide bonds. The van der Waals surface area contributed by atoms with Crippen LogP contribution in [0, 0.1) is 13.8 Å². The quantitative estimate of drug-likeness (QED) is 0.761. The number of rotatable bonds is 2. The average molecular weight is 277 g/mol. The molecule has 0 heterocycles. The van der Waals surface area contributed by atoms with Gasteiger partial charge >= 0.3 is 0 Å². The smallest absolute Gasteiger partial charge is 0.128 e. The zero-order chi connectivity index (χ0) is 11.5. The molecule has 0 saturated heterocycles. The van der Waals surface area contributed by atoms with Crippen LogP contribution in [0.15, 0.2) is 46.9 Å². The molecule has 1 nitrogen and oxygen atoms in total. The fourth-order valence-electron chi connectivity index (χ4n) is 1.66. The largest absolute Gasteiger partial charge is 0.457 e. The van der Waals surface area contributed by atoms with E-state index in [1.807, 2.05) is 36.4 Å². The molecule has 16 heavy (non-hydrogen) atoms. The third-order valence-electron chi connectivity index (χ3n) is 2.23. The average Bonchev–Trinajstić information content (AvgIpc) is 2.15. The lowest BCUT2D eigenvalue weighted by atomic mass is 10.1. The number of hydrogen-bond acceptors (Lipinski definition) is 1. The van der Waals surface area contributed by atoms with Crippen LogP contribution in [0.3, 0.4) is 0 Å². The summed E-state index contributed by atoms with van der Waals surface area (Å²) in [6, 6.07) is 14.0. The van der Waals surface area contributed by atoms with Crippen LogP contribution in [0.1, 0.15) is 11.1 Å². The number of aryl methyl sites for hydroxylation is 2. The van der Waals surface area contributed by atoms with Crippen molar-refractivity contribution in [2.45, 2.75) is 13.8 Å². The summed E-state index contributed by atoms with van der Waals surface area (Å²) in [5.74, 6) is 1.73. The highest BCUT2D eigenvalue weighted by molar-refractivity contribution is 9.10. The van der Waals surface area contributed by atoms with Crippen molar-refractivity contribution in [1.29, 1.82) is 0 Å². The molecular weight excluding hydrogens is 264 g/mol. The van der Waals surface area contributed by atoms with E-state index in [9.17, 15) is 0 Å². The topological polar surface area (TPSA) is 9.23 Å². The van der Waals surface area contributed by atoms with Crippen LogP contribution in [-0.4, -0.2) is 0 Å². The highest BCUT2D eigenvalue weighted by atomic mass is 79.9. The van der Waals surface area contributed by atoms with E-state index in [0.717, 1.165) is 16.0 Å². The molecule has 0 saturated carbocycles. The molecule has 0 radical (unpaired) electrons. The summed E-state index contributed by atoms with van der Waals surface area (Å²) in [4.78, 5) is 0. The van der Waals surface area contributed by atoms with Crippen molar-refractivity contribution < 1.29 is 4.74 Å². The van der Waals surface area contributed by atoms with Crippen LogP contribution in [-0.2, 0) is 0 Å². The van der Waals surface area contributed by atoms with Gasteiger partial charge in [0.15, 0.2) is 0 Å². The molecule has 0 bridgehead atoms. The lowest BCUT2D eigenvalue weighted by Crippen LogP contribution is -1.86. The predicted octanol–water partition coefficient (Wildman–Crippen LogP) is 4.86. The van der Waals surface area contributed by atoms with Crippen LogP contribution in [0.2, 0.25) is 0 Å². The Morgan fingerprint density at radius 3 is 2.19 bits per heavy atom. The van der Waals surface area contributed by atoms with Crippen molar-refractivity contribution in [2.75, 3.05) is 0 Å². The van der Waals surface area contributed by atoms with E-state index in [0.29, 0.717) is 0 Å². The molecule has 0 spiro atoms. The molecule has 0 aliphatic rings. The summed E-state index contributed by atoms with van der Waals surface area (Å²) in [5.41, 5.74) is 2.43. The molecule has 0 N–H and O–H groups in total. The van der Waals surface area contributed by atoms with Crippen molar-refractivity contribution in [3.8, 4) is 11.5 Å². The molecule has 0 atom stereocenters. The Balaban J connectivity index is 2.27. The third-order valence-corrected chi connectivity index (χ3v) is 2.72. The number of halogens is 1. The van der Waals surface area contributed by atoms with Gasteiger partial charge in [-0.2, -0.15) is 0 Å². The lowest BCUT2D eigenvalue weighted by Gasteiger charge is -2.07. The Hall–Kier alpha value is -1.28. The van der Waals surface area contributed by atoms with Gasteiger partial charge in [-0.25, -0.2) is 0 Å². The Morgan fingerprint density at radius 1 is 0.875 bits per heavy atom. The van der Waals surface area contributed by atoms with E-state index in [1.165, 1.54) is 11.1 Å². The first-order chi connectivity index (χ1) is 7.63. The Bertz CT molecular complexity index is 486. The van der Waals surface area contributed by atoms with Gasteiger partial charge in [-0.1, -0.05) is 28.1 Å². The first kappa shape index (κ1) is 11.2. The minimum atomic E-state index is 0.847. The maximum Gasteiger partial charge on any atom is 0.128 e. The Morgan fingerprint density at radius 2 is 1.56 bits per heavy atom. The zero-order valence-corrected chi connectivity index (χ0v) is 10.9. The second kappa shape index (κ2) is 4.71. The molecule has 0 aliphatic heterocycles. The zero-order valence-electron chi connectivity index (χ0n) is 9.33. The summed E-state index contributed by atoms with van der Waals surface area (Å²) in [6.45, 7) is 4.14. The molecular formula is C14H13BrO. The van der Waals surface area contributed by atoms with Crippen molar-refractivity contribution in [1.82, 2.24) is 0 Å². The Labute approximate surface area is 104 Å². The van der Waals surface area contributed by atoms with Crippen molar-refractivity contribution in [3.63, 3.8) is 0 Å². The van der Waals surface area contributed by atoms with Crippen LogP contribution in [0.5, 0.6) is 11.5 Å². The molecule has 2 aromatic rings. The monoisotopic (exact) mass is 276 g/mol.